The van der Waals surface area contributed by atoms with Gasteiger partial charge in [0.05, 0.1) is 11.2 Å². The number of pyridine rings is 1. The van der Waals surface area contributed by atoms with E-state index in [-0.39, 0.29) is 27.2 Å². The number of ketones is 1. The third kappa shape index (κ3) is 3.08. The van der Waals surface area contributed by atoms with Crippen LogP contribution >= 0.6 is 0 Å². The molecule has 2 aromatic rings. The molecule has 2 rings (SSSR count). The molecule has 0 saturated carbocycles. The maximum absolute atomic E-state index is 11.4. The SMILES string of the molecule is CC(=O)/C(C#N)=N/Nc1ccc(S(=O)(=O)O)c2cccnc12. The van der Waals surface area contributed by atoms with Gasteiger partial charge in [0.2, 0.25) is 5.71 Å². The van der Waals surface area contributed by atoms with E-state index in [0.29, 0.717) is 0 Å². The molecule has 0 saturated heterocycles. The Balaban J connectivity index is 2.59. The molecule has 9 heteroatoms. The molecular formula is C13H10N4O4S. The van der Waals surface area contributed by atoms with E-state index in [1.807, 2.05) is 0 Å². The van der Waals surface area contributed by atoms with Crippen molar-refractivity contribution in [3.8, 4) is 6.07 Å². The fourth-order valence-electron chi connectivity index (χ4n) is 1.76. The Labute approximate surface area is 125 Å². The monoisotopic (exact) mass is 318 g/mol. The van der Waals surface area contributed by atoms with Crippen LogP contribution in [0.5, 0.6) is 0 Å². The van der Waals surface area contributed by atoms with E-state index in [4.69, 9.17) is 5.26 Å². The van der Waals surface area contributed by atoms with Crippen molar-refractivity contribution in [1.29, 1.82) is 5.26 Å². The smallest absolute Gasteiger partial charge is 0.292 e. The molecule has 1 heterocycles. The van der Waals surface area contributed by atoms with Crippen LogP contribution in [0.25, 0.3) is 10.9 Å². The molecule has 22 heavy (non-hydrogen) atoms. The lowest BCUT2D eigenvalue weighted by Gasteiger charge is -2.08. The number of nitrogens with zero attached hydrogens (tertiary/aromatic N) is 3. The van der Waals surface area contributed by atoms with Crippen molar-refractivity contribution in [3.05, 3.63) is 30.5 Å². The number of carbonyl (C=O) groups excluding carboxylic acids is 1. The van der Waals surface area contributed by atoms with Gasteiger partial charge in [0, 0.05) is 18.5 Å². The van der Waals surface area contributed by atoms with Crippen molar-refractivity contribution in [1.82, 2.24) is 4.98 Å². The largest absolute Gasteiger partial charge is 0.295 e. The summed E-state index contributed by atoms with van der Waals surface area (Å²) >= 11 is 0. The molecule has 0 spiro atoms. The van der Waals surface area contributed by atoms with Gasteiger partial charge >= 0.3 is 0 Å². The number of anilines is 1. The van der Waals surface area contributed by atoms with Gasteiger partial charge in [-0.25, -0.2) is 0 Å². The second kappa shape index (κ2) is 5.88. The zero-order valence-electron chi connectivity index (χ0n) is 11.3. The molecule has 0 atom stereocenters. The molecule has 0 aliphatic heterocycles. The number of aromatic nitrogens is 1. The van der Waals surface area contributed by atoms with E-state index < -0.39 is 15.9 Å². The minimum absolute atomic E-state index is 0.187. The number of fused-ring (bicyclic) bond motifs is 1. The number of rotatable bonds is 4. The topological polar surface area (TPSA) is 133 Å². The van der Waals surface area contributed by atoms with Crippen LogP contribution in [0.4, 0.5) is 5.69 Å². The van der Waals surface area contributed by atoms with Crippen molar-refractivity contribution in [2.45, 2.75) is 11.8 Å². The van der Waals surface area contributed by atoms with Crippen LogP contribution in [-0.2, 0) is 14.9 Å². The summed E-state index contributed by atoms with van der Waals surface area (Å²) in [5.74, 6) is -0.512. The van der Waals surface area contributed by atoms with Gasteiger partial charge in [0.15, 0.2) is 5.78 Å². The van der Waals surface area contributed by atoms with E-state index in [1.165, 1.54) is 37.4 Å². The standard InChI is InChI=1S/C13H10N4O4S/c1-8(18)11(7-14)17-16-10-4-5-12(22(19,20)21)9-3-2-6-15-13(9)10/h2-6,16H,1H3,(H,19,20,21)/b17-11+. The summed E-state index contributed by atoms with van der Waals surface area (Å²) in [6, 6.07) is 7.13. The molecule has 112 valence electrons. The molecule has 2 N–H and O–H groups in total. The van der Waals surface area contributed by atoms with Crippen molar-refractivity contribution in [2.75, 3.05) is 5.43 Å². The maximum atomic E-state index is 11.4. The molecular weight excluding hydrogens is 308 g/mol. The van der Waals surface area contributed by atoms with Crippen LogP contribution in [0.1, 0.15) is 6.92 Å². The zero-order valence-corrected chi connectivity index (χ0v) is 12.1. The minimum Gasteiger partial charge on any atom is -0.292 e. The highest BCUT2D eigenvalue weighted by Crippen LogP contribution is 2.27. The fourth-order valence-corrected chi connectivity index (χ4v) is 2.44. The summed E-state index contributed by atoms with van der Waals surface area (Å²) in [6.07, 6.45) is 1.43. The minimum atomic E-state index is -4.41. The van der Waals surface area contributed by atoms with Gasteiger partial charge in [0.25, 0.3) is 10.1 Å². The van der Waals surface area contributed by atoms with E-state index in [1.54, 1.807) is 6.07 Å². The number of carbonyl (C=O) groups is 1. The van der Waals surface area contributed by atoms with Crippen LogP contribution in [0.15, 0.2) is 40.5 Å². The highest BCUT2D eigenvalue weighted by molar-refractivity contribution is 7.86. The number of nitrogens with one attached hydrogen (secondary N) is 1. The number of benzene rings is 1. The van der Waals surface area contributed by atoms with Crippen molar-refractivity contribution >= 4 is 38.2 Å². The first-order valence-electron chi connectivity index (χ1n) is 5.94. The second-order valence-corrected chi connectivity index (χ2v) is 5.62. The van der Waals surface area contributed by atoms with E-state index in [0.717, 1.165) is 0 Å². The molecule has 0 unspecified atom stereocenters. The summed E-state index contributed by atoms with van der Waals surface area (Å²) in [4.78, 5) is 14.9. The Morgan fingerprint density at radius 2 is 2.14 bits per heavy atom. The first kappa shape index (κ1) is 15.6. The fraction of sp³-hybridized carbons (Fsp3) is 0.0769. The Bertz CT molecular complexity index is 929. The average molecular weight is 318 g/mol. The quantitative estimate of drug-likeness (QED) is 0.494. The third-order valence-corrected chi connectivity index (χ3v) is 3.65. The predicted molar refractivity (Wildman–Crippen MR) is 78.9 cm³/mol. The van der Waals surface area contributed by atoms with Gasteiger partial charge in [-0.1, -0.05) is 0 Å². The molecule has 0 bridgehead atoms. The van der Waals surface area contributed by atoms with Gasteiger partial charge < -0.3 is 0 Å². The lowest BCUT2D eigenvalue weighted by Crippen LogP contribution is -2.09. The number of hydrazone groups is 1. The molecule has 0 aliphatic carbocycles. The second-order valence-electron chi connectivity index (χ2n) is 4.23. The molecule has 1 aromatic heterocycles. The number of hydrogen-bond acceptors (Lipinski definition) is 7. The van der Waals surface area contributed by atoms with Crippen molar-refractivity contribution < 1.29 is 17.8 Å². The Morgan fingerprint density at radius 3 is 2.73 bits per heavy atom. The summed E-state index contributed by atoms with van der Waals surface area (Å²) in [6.45, 7) is 1.20. The first-order valence-corrected chi connectivity index (χ1v) is 7.38. The number of nitriles is 1. The van der Waals surface area contributed by atoms with Gasteiger partial charge in [-0.05, 0) is 24.3 Å². The van der Waals surface area contributed by atoms with Crippen LogP contribution < -0.4 is 5.43 Å². The van der Waals surface area contributed by atoms with Crippen LogP contribution in [0.3, 0.4) is 0 Å². The van der Waals surface area contributed by atoms with Crippen molar-refractivity contribution in [2.24, 2.45) is 5.10 Å². The highest BCUT2D eigenvalue weighted by Gasteiger charge is 2.16. The molecule has 1 aromatic carbocycles. The van der Waals surface area contributed by atoms with Crippen LogP contribution in [-0.4, -0.2) is 29.4 Å². The maximum Gasteiger partial charge on any atom is 0.295 e. The number of Topliss-reactive ketones (excluding diaryl/α,β-unsaturated/α-hetero) is 1. The summed E-state index contributed by atoms with van der Waals surface area (Å²) in [5, 5.41) is 12.6. The van der Waals surface area contributed by atoms with Crippen LogP contribution in [0, 0.1) is 11.3 Å². The van der Waals surface area contributed by atoms with Gasteiger partial charge in [0.1, 0.15) is 11.0 Å². The third-order valence-electron chi connectivity index (χ3n) is 2.74. The lowest BCUT2D eigenvalue weighted by molar-refractivity contribution is -0.110. The zero-order chi connectivity index (χ0) is 16.3. The molecule has 0 amide bonds. The first-order chi connectivity index (χ1) is 10.3. The Kier molecular flexibility index (Phi) is 4.16. The van der Waals surface area contributed by atoms with Crippen molar-refractivity contribution in [3.63, 3.8) is 0 Å². The normalized spacial score (nSPS) is 12.0. The van der Waals surface area contributed by atoms with Gasteiger partial charge in [-0.3, -0.25) is 19.8 Å². The summed E-state index contributed by atoms with van der Waals surface area (Å²) in [7, 11) is -4.41. The predicted octanol–water partition coefficient (Wildman–Crippen LogP) is 1.36. The van der Waals surface area contributed by atoms with Gasteiger partial charge in [-0.2, -0.15) is 18.8 Å². The number of hydrogen-bond donors (Lipinski definition) is 2. The van der Waals surface area contributed by atoms with Crippen LogP contribution in [0.2, 0.25) is 0 Å². The van der Waals surface area contributed by atoms with E-state index in [2.05, 4.69) is 15.5 Å². The summed E-state index contributed by atoms with van der Waals surface area (Å²) in [5.41, 5.74) is 2.69. The average Bonchev–Trinajstić information content (AvgIpc) is 2.46. The molecule has 0 radical (unpaired) electrons. The highest BCUT2D eigenvalue weighted by atomic mass is 32.2. The Morgan fingerprint density at radius 1 is 1.41 bits per heavy atom. The summed E-state index contributed by atoms with van der Waals surface area (Å²) < 4.78 is 31.9. The van der Waals surface area contributed by atoms with Gasteiger partial charge in [-0.15, -0.1) is 0 Å². The van der Waals surface area contributed by atoms with E-state index >= 15 is 0 Å². The molecule has 0 aliphatic rings. The molecule has 8 nitrogen and oxygen atoms in total. The van der Waals surface area contributed by atoms with E-state index in [9.17, 15) is 17.8 Å². The Hall–Kier alpha value is -2.83. The molecule has 0 fully saturated rings. The lowest BCUT2D eigenvalue weighted by atomic mass is 10.2.